The Kier molecular flexibility index (Phi) is 4.00. The van der Waals surface area contributed by atoms with E-state index in [0.717, 1.165) is 44.3 Å². The normalized spacial score (nSPS) is 45.4. The first-order valence-corrected chi connectivity index (χ1v) is 10.4. The fraction of sp³-hybridized carbons (Fsp3) is 0.773. The molecule has 3 fully saturated rings. The molecule has 0 radical (unpaired) electrons. The number of rotatable bonds is 2. The van der Waals surface area contributed by atoms with Crippen molar-refractivity contribution < 1.29 is 23.4 Å². The highest BCUT2D eigenvalue weighted by atomic mass is 16.7. The van der Waals surface area contributed by atoms with E-state index < -0.39 is 11.7 Å². The first-order valence-electron chi connectivity index (χ1n) is 10.4. The Bertz CT molecular complexity index is 741. The van der Waals surface area contributed by atoms with Crippen LogP contribution in [0.2, 0.25) is 0 Å². The summed E-state index contributed by atoms with van der Waals surface area (Å²) in [6.45, 7) is 3.03. The Morgan fingerprint density at radius 1 is 1.26 bits per heavy atom. The Morgan fingerprint density at radius 2 is 2.11 bits per heavy atom. The van der Waals surface area contributed by atoms with Gasteiger partial charge in [0.15, 0.2) is 6.29 Å². The van der Waals surface area contributed by atoms with Crippen molar-refractivity contribution in [2.45, 2.75) is 57.7 Å². The lowest BCUT2D eigenvalue weighted by molar-refractivity contribution is -0.315. The molecule has 0 amide bonds. The summed E-state index contributed by atoms with van der Waals surface area (Å²) in [6, 6.07) is 2.15. The smallest absolute Gasteiger partial charge is 0.317 e. The molecular weight excluding hydrogens is 344 g/mol. The van der Waals surface area contributed by atoms with Crippen molar-refractivity contribution in [3.05, 3.63) is 23.7 Å². The maximum absolute atomic E-state index is 13.1. The molecule has 0 N–H and O–H groups in total. The molecule has 1 aromatic rings. The number of carbonyl (C=O) groups excluding carboxylic acids is 1. The predicted octanol–water partition coefficient (Wildman–Crippen LogP) is 3.91. The molecule has 1 aromatic heterocycles. The van der Waals surface area contributed by atoms with Crippen LogP contribution in [0.1, 0.15) is 56.3 Å². The summed E-state index contributed by atoms with van der Waals surface area (Å²) in [5.74, 6) is 2.87. The van der Waals surface area contributed by atoms with Gasteiger partial charge in [-0.1, -0.05) is 13.3 Å². The molecule has 2 saturated carbocycles. The average Bonchev–Trinajstić information content (AvgIpc) is 3.16. The minimum Gasteiger partial charge on any atom is -0.469 e. The van der Waals surface area contributed by atoms with Gasteiger partial charge in [-0.2, -0.15) is 0 Å². The quantitative estimate of drug-likeness (QED) is 0.735. The van der Waals surface area contributed by atoms with Crippen LogP contribution in [0.3, 0.4) is 0 Å². The summed E-state index contributed by atoms with van der Waals surface area (Å²) in [4.78, 5) is 13.1. The van der Waals surface area contributed by atoms with Crippen molar-refractivity contribution in [3.8, 4) is 0 Å². The molecule has 5 rings (SSSR count). The van der Waals surface area contributed by atoms with E-state index in [0.29, 0.717) is 24.4 Å². The van der Waals surface area contributed by atoms with Gasteiger partial charge in [0.1, 0.15) is 11.2 Å². The summed E-state index contributed by atoms with van der Waals surface area (Å²) in [7, 11) is 3.15. The van der Waals surface area contributed by atoms with Gasteiger partial charge < -0.3 is 18.6 Å². The van der Waals surface area contributed by atoms with Gasteiger partial charge in [0.2, 0.25) is 0 Å². The first-order chi connectivity index (χ1) is 13.1. The van der Waals surface area contributed by atoms with Crippen LogP contribution in [0.4, 0.5) is 0 Å². The van der Waals surface area contributed by atoms with E-state index in [9.17, 15) is 4.79 Å². The minimum atomic E-state index is -0.669. The minimum absolute atomic E-state index is 0.0170. The van der Waals surface area contributed by atoms with Crippen molar-refractivity contribution in [1.82, 2.24) is 0 Å². The van der Waals surface area contributed by atoms with Crippen LogP contribution >= 0.6 is 0 Å². The van der Waals surface area contributed by atoms with E-state index in [4.69, 9.17) is 18.6 Å². The number of carbonyl (C=O) groups is 1. The second-order valence-electron chi connectivity index (χ2n) is 9.19. The van der Waals surface area contributed by atoms with Crippen LogP contribution in [0, 0.1) is 28.6 Å². The van der Waals surface area contributed by atoms with Crippen LogP contribution in [0.25, 0.3) is 0 Å². The number of hydrogen-bond acceptors (Lipinski definition) is 5. The molecule has 1 aliphatic heterocycles. The molecule has 2 bridgehead atoms. The molecule has 5 heteroatoms. The summed E-state index contributed by atoms with van der Waals surface area (Å²) in [6.07, 6.45) is 7.45. The molecule has 27 heavy (non-hydrogen) atoms. The van der Waals surface area contributed by atoms with E-state index in [2.05, 4.69) is 13.0 Å². The Hall–Kier alpha value is -1.33. The number of esters is 1. The summed E-state index contributed by atoms with van der Waals surface area (Å²) in [5.41, 5.74) is 0.730. The topological polar surface area (TPSA) is 57.9 Å². The molecule has 3 aliphatic carbocycles. The maximum Gasteiger partial charge on any atom is 0.317 e. The van der Waals surface area contributed by atoms with Crippen LogP contribution in [0.5, 0.6) is 0 Å². The number of hydrogen-bond donors (Lipinski definition) is 0. The maximum atomic E-state index is 13.1. The van der Waals surface area contributed by atoms with Crippen LogP contribution in [-0.2, 0) is 25.4 Å². The van der Waals surface area contributed by atoms with Crippen molar-refractivity contribution in [2.75, 3.05) is 20.8 Å². The number of furan rings is 1. The molecule has 7 unspecified atom stereocenters. The van der Waals surface area contributed by atoms with E-state index >= 15 is 0 Å². The lowest BCUT2D eigenvalue weighted by Crippen LogP contribution is -2.68. The van der Waals surface area contributed by atoms with Crippen LogP contribution < -0.4 is 0 Å². The van der Waals surface area contributed by atoms with E-state index in [1.54, 1.807) is 7.11 Å². The van der Waals surface area contributed by atoms with Crippen LogP contribution in [-0.4, -0.2) is 33.1 Å². The van der Waals surface area contributed by atoms with Gasteiger partial charge in [-0.05, 0) is 61.0 Å². The second kappa shape index (κ2) is 6.08. The number of ether oxygens (including phenoxy) is 3. The summed E-state index contributed by atoms with van der Waals surface area (Å²) >= 11 is 0. The van der Waals surface area contributed by atoms with Gasteiger partial charge in [-0.15, -0.1) is 0 Å². The summed E-state index contributed by atoms with van der Waals surface area (Å²) in [5, 5.41) is 0. The van der Waals surface area contributed by atoms with Crippen molar-refractivity contribution in [1.29, 1.82) is 0 Å². The van der Waals surface area contributed by atoms with Gasteiger partial charge >= 0.3 is 5.97 Å². The van der Waals surface area contributed by atoms with Crippen molar-refractivity contribution >= 4 is 5.97 Å². The van der Waals surface area contributed by atoms with E-state index in [-0.39, 0.29) is 17.3 Å². The third-order valence-corrected chi connectivity index (χ3v) is 8.61. The number of fused-ring (bicyclic) bond motifs is 2. The summed E-state index contributed by atoms with van der Waals surface area (Å²) < 4.78 is 23.2. The Morgan fingerprint density at radius 3 is 2.89 bits per heavy atom. The highest BCUT2D eigenvalue weighted by Crippen LogP contribution is 2.68. The molecule has 4 aliphatic rings. The molecule has 7 atom stereocenters. The number of methoxy groups -OCH3 is 2. The predicted molar refractivity (Wildman–Crippen MR) is 98.0 cm³/mol. The lowest BCUT2D eigenvalue weighted by Gasteiger charge is -2.66. The second-order valence-corrected chi connectivity index (χ2v) is 9.19. The van der Waals surface area contributed by atoms with E-state index in [1.807, 2.05) is 6.26 Å². The Balaban J connectivity index is 1.61. The zero-order valence-corrected chi connectivity index (χ0v) is 16.5. The molecule has 1 saturated heterocycles. The molecular formula is C22H30O5. The van der Waals surface area contributed by atoms with Crippen molar-refractivity contribution in [2.24, 2.45) is 28.6 Å². The monoisotopic (exact) mass is 374 g/mol. The molecule has 2 heterocycles. The lowest BCUT2D eigenvalue weighted by atomic mass is 9.41. The Labute approximate surface area is 160 Å². The van der Waals surface area contributed by atoms with Crippen molar-refractivity contribution in [3.63, 3.8) is 0 Å². The van der Waals surface area contributed by atoms with Crippen LogP contribution in [0.15, 0.2) is 16.7 Å². The average molecular weight is 374 g/mol. The molecule has 0 spiro atoms. The van der Waals surface area contributed by atoms with Gasteiger partial charge in [-0.25, -0.2) is 0 Å². The van der Waals surface area contributed by atoms with Gasteiger partial charge in [0.25, 0.3) is 0 Å². The van der Waals surface area contributed by atoms with E-state index in [1.165, 1.54) is 12.7 Å². The largest absolute Gasteiger partial charge is 0.469 e. The zero-order chi connectivity index (χ0) is 18.8. The van der Waals surface area contributed by atoms with Gasteiger partial charge in [0, 0.05) is 18.9 Å². The fourth-order valence-corrected chi connectivity index (χ4v) is 7.60. The molecule has 148 valence electrons. The fourth-order valence-electron chi connectivity index (χ4n) is 7.60. The standard InChI is InChI=1S/C22H30O5/c1-13-14-5-6-18-21(16(14)11-17-15(13)7-10-26-17)8-4-9-22(18,19(23)24-2)20(25-3)27-12-21/h7,10,13-14,16,18,20H,4-6,8-9,11-12H2,1-3H3. The molecule has 5 nitrogen and oxygen atoms in total. The van der Waals surface area contributed by atoms with Gasteiger partial charge in [0.05, 0.1) is 20.0 Å². The zero-order valence-electron chi connectivity index (χ0n) is 16.5. The highest BCUT2D eigenvalue weighted by molar-refractivity contribution is 5.78. The van der Waals surface area contributed by atoms with Gasteiger partial charge in [-0.3, -0.25) is 4.79 Å². The third-order valence-electron chi connectivity index (χ3n) is 8.61. The third kappa shape index (κ3) is 2.10. The first kappa shape index (κ1) is 17.7. The highest BCUT2D eigenvalue weighted by Gasteiger charge is 2.70. The SMILES string of the molecule is COC(=O)C12CCCC3(COC1OC)C1Cc4occc4C(C)C1CCC32. The molecule has 0 aromatic carbocycles.